The molecule has 0 bridgehead atoms. The van der Waals surface area contributed by atoms with E-state index in [-0.39, 0.29) is 6.61 Å². The average molecular weight is 190 g/mol. The van der Waals surface area contributed by atoms with Crippen LogP contribution in [0.15, 0.2) is 17.7 Å². The van der Waals surface area contributed by atoms with Crippen LogP contribution < -0.4 is 0 Å². The standard InChI is InChI=1S/C13H18O/c1-9(8-14)5-13-7-11(3)10(2)6-12(13)4/h5-7,14H,8H2,1-4H3/b9-5-. The first-order valence-corrected chi connectivity index (χ1v) is 4.90. The smallest absolute Gasteiger partial charge is 0.0642 e. The lowest BCUT2D eigenvalue weighted by Gasteiger charge is -2.07. The zero-order chi connectivity index (χ0) is 10.7. The SMILES string of the molecule is C/C(=C/c1cc(C)c(C)cc1C)CO. The van der Waals surface area contributed by atoms with Gasteiger partial charge in [0.25, 0.3) is 0 Å². The van der Waals surface area contributed by atoms with Crippen molar-refractivity contribution >= 4 is 6.08 Å². The Balaban J connectivity index is 3.16. The second kappa shape index (κ2) is 4.43. The molecule has 0 aliphatic rings. The molecule has 0 radical (unpaired) electrons. The van der Waals surface area contributed by atoms with Gasteiger partial charge in [-0.1, -0.05) is 18.2 Å². The number of rotatable bonds is 2. The van der Waals surface area contributed by atoms with Crippen molar-refractivity contribution in [1.29, 1.82) is 0 Å². The Morgan fingerprint density at radius 2 is 1.71 bits per heavy atom. The molecule has 1 rings (SSSR count). The van der Waals surface area contributed by atoms with E-state index in [1.165, 1.54) is 22.3 Å². The monoisotopic (exact) mass is 190 g/mol. The minimum absolute atomic E-state index is 0.131. The topological polar surface area (TPSA) is 20.2 Å². The summed E-state index contributed by atoms with van der Waals surface area (Å²) in [5, 5.41) is 8.94. The molecule has 1 nitrogen and oxygen atoms in total. The molecule has 0 fully saturated rings. The number of aliphatic hydroxyl groups is 1. The van der Waals surface area contributed by atoms with Crippen molar-refractivity contribution in [3.8, 4) is 0 Å². The summed E-state index contributed by atoms with van der Waals surface area (Å²) in [4.78, 5) is 0. The molecule has 0 aliphatic carbocycles. The Bertz CT molecular complexity index is 362. The maximum absolute atomic E-state index is 8.94. The zero-order valence-electron chi connectivity index (χ0n) is 9.39. The number of aliphatic hydroxyl groups excluding tert-OH is 1. The van der Waals surface area contributed by atoms with Crippen molar-refractivity contribution in [2.24, 2.45) is 0 Å². The molecule has 1 aromatic carbocycles. The number of aryl methyl sites for hydroxylation is 3. The molecule has 0 unspecified atom stereocenters. The highest BCUT2D eigenvalue weighted by Gasteiger charge is 1.99. The summed E-state index contributed by atoms with van der Waals surface area (Å²) < 4.78 is 0. The van der Waals surface area contributed by atoms with Gasteiger partial charge in [-0.15, -0.1) is 0 Å². The van der Waals surface area contributed by atoms with Gasteiger partial charge in [0, 0.05) is 0 Å². The molecule has 0 heterocycles. The normalized spacial score (nSPS) is 11.9. The van der Waals surface area contributed by atoms with Crippen LogP contribution in [0.25, 0.3) is 6.08 Å². The van der Waals surface area contributed by atoms with Gasteiger partial charge >= 0.3 is 0 Å². The Kier molecular flexibility index (Phi) is 3.48. The van der Waals surface area contributed by atoms with Gasteiger partial charge in [0.15, 0.2) is 0 Å². The summed E-state index contributed by atoms with van der Waals surface area (Å²) in [6.07, 6.45) is 2.04. The fourth-order valence-corrected chi connectivity index (χ4v) is 1.45. The lowest BCUT2D eigenvalue weighted by molar-refractivity contribution is 0.332. The van der Waals surface area contributed by atoms with Gasteiger partial charge in [-0.3, -0.25) is 0 Å². The minimum atomic E-state index is 0.131. The second-order valence-corrected chi connectivity index (χ2v) is 3.94. The molecule has 0 atom stereocenters. The lowest BCUT2D eigenvalue weighted by atomic mass is 9.99. The van der Waals surface area contributed by atoms with Crippen LogP contribution in [0.2, 0.25) is 0 Å². The van der Waals surface area contributed by atoms with Crippen molar-refractivity contribution in [2.75, 3.05) is 6.61 Å². The maximum atomic E-state index is 8.94. The Morgan fingerprint density at radius 1 is 1.14 bits per heavy atom. The molecular formula is C13H18O. The van der Waals surface area contributed by atoms with Crippen molar-refractivity contribution < 1.29 is 5.11 Å². The molecule has 76 valence electrons. The van der Waals surface area contributed by atoms with Gasteiger partial charge in [0.05, 0.1) is 6.61 Å². The molecule has 0 spiro atoms. The van der Waals surface area contributed by atoms with E-state index in [4.69, 9.17) is 5.11 Å². The third kappa shape index (κ3) is 2.46. The van der Waals surface area contributed by atoms with Gasteiger partial charge in [0.1, 0.15) is 0 Å². The van der Waals surface area contributed by atoms with Gasteiger partial charge in [-0.05, 0) is 55.5 Å². The third-order valence-electron chi connectivity index (χ3n) is 2.53. The highest BCUT2D eigenvalue weighted by atomic mass is 16.3. The van der Waals surface area contributed by atoms with E-state index in [2.05, 4.69) is 32.9 Å². The number of hydrogen-bond acceptors (Lipinski definition) is 1. The van der Waals surface area contributed by atoms with E-state index in [1.54, 1.807) is 0 Å². The fourth-order valence-electron chi connectivity index (χ4n) is 1.45. The summed E-state index contributed by atoms with van der Waals surface area (Å²) in [7, 11) is 0. The quantitative estimate of drug-likeness (QED) is 0.760. The van der Waals surface area contributed by atoms with Crippen LogP contribution in [-0.2, 0) is 0 Å². The lowest BCUT2D eigenvalue weighted by Crippen LogP contribution is -1.90. The summed E-state index contributed by atoms with van der Waals surface area (Å²) in [5.41, 5.74) is 6.09. The second-order valence-electron chi connectivity index (χ2n) is 3.94. The van der Waals surface area contributed by atoms with Gasteiger partial charge < -0.3 is 5.11 Å². The molecule has 1 heteroatoms. The summed E-state index contributed by atoms with van der Waals surface area (Å²) in [6, 6.07) is 4.36. The average Bonchev–Trinajstić information content (AvgIpc) is 2.14. The van der Waals surface area contributed by atoms with Gasteiger partial charge in [0.2, 0.25) is 0 Å². The van der Waals surface area contributed by atoms with Crippen LogP contribution in [0, 0.1) is 20.8 Å². The Labute approximate surface area is 86.1 Å². The number of hydrogen-bond donors (Lipinski definition) is 1. The fraction of sp³-hybridized carbons (Fsp3) is 0.385. The van der Waals surface area contributed by atoms with E-state index in [1.807, 2.05) is 13.0 Å². The highest BCUT2D eigenvalue weighted by molar-refractivity contribution is 5.58. The van der Waals surface area contributed by atoms with E-state index in [0.717, 1.165) is 5.57 Å². The molecular weight excluding hydrogens is 172 g/mol. The predicted molar refractivity (Wildman–Crippen MR) is 61.4 cm³/mol. The van der Waals surface area contributed by atoms with E-state index in [0.29, 0.717) is 0 Å². The Hall–Kier alpha value is -1.08. The summed E-state index contributed by atoms with van der Waals surface area (Å²) in [5.74, 6) is 0. The first-order chi connectivity index (χ1) is 6.54. The molecule has 0 saturated carbocycles. The van der Waals surface area contributed by atoms with Crippen LogP contribution in [0.1, 0.15) is 29.2 Å². The molecule has 0 saturated heterocycles. The molecule has 0 aliphatic heterocycles. The van der Waals surface area contributed by atoms with Crippen molar-refractivity contribution in [2.45, 2.75) is 27.7 Å². The first-order valence-electron chi connectivity index (χ1n) is 4.90. The van der Waals surface area contributed by atoms with Crippen LogP contribution >= 0.6 is 0 Å². The van der Waals surface area contributed by atoms with Crippen LogP contribution in [-0.4, -0.2) is 11.7 Å². The summed E-state index contributed by atoms with van der Waals surface area (Å²) >= 11 is 0. The van der Waals surface area contributed by atoms with E-state index >= 15 is 0 Å². The Morgan fingerprint density at radius 3 is 2.29 bits per heavy atom. The molecule has 1 N–H and O–H groups in total. The van der Waals surface area contributed by atoms with Gasteiger partial charge in [-0.2, -0.15) is 0 Å². The highest BCUT2D eigenvalue weighted by Crippen LogP contribution is 2.17. The predicted octanol–water partition coefficient (Wildman–Crippen LogP) is 3.01. The third-order valence-corrected chi connectivity index (χ3v) is 2.53. The maximum Gasteiger partial charge on any atom is 0.0642 e. The van der Waals surface area contributed by atoms with Crippen molar-refractivity contribution in [1.82, 2.24) is 0 Å². The minimum Gasteiger partial charge on any atom is -0.392 e. The van der Waals surface area contributed by atoms with Gasteiger partial charge in [-0.25, -0.2) is 0 Å². The van der Waals surface area contributed by atoms with E-state index in [9.17, 15) is 0 Å². The van der Waals surface area contributed by atoms with E-state index < -0.39 is 0 Å². The molecule has 0 aromatic heterocycles. The molecule has 14 heavy (non-hydrogen) atoms. The zero-order valence-corrected chi connectivity index (χ0v) is 9.39. The molecule has 0 amide bonds. The number of benzene rings is 1. The van der Waals surface area contributed by atoms with Crippen LogP contribution in [0.5, 0.6) is 0 Å². The van der Waals surface area contributed by atoms with Crippen LogP contribution in [0.3, 0.4) is 0 Å². The molecule has 1 aromatic rings. The summed E-state index contributed by atoms with van der Waals surface area (Å²) in [6.45, 7) is 8.40. The van der Waals surface area contributed by atoms with Crippen molar-refractivity contribution in [3.05, 3.63) is 40.0 Å². The first kappa shape index (κ1) is 11.0. The van der Waals surface area contributed by atoms with Crippen LogP contribution in [0.4, 0.5) is 0 Å². The van der Waals surface area contributed by atoms with Crippen molar-refractivity contribution in [3.63, 3.8) is 0 Å². The largest absolute Gasteiger partial charge is 0.392 e.